The average molecular weight is 323 g/mol. The van der Waals surface area contributed by atoms with Crippen molar-refractivity contribution >= 4 is 12.1 Å². The van der Waals surface area contributed by atoms with Crippen LogP contribution in [0.3, 0.4) is 0 Å². The number of fused-ring (bicyclic) bond motifs is 1. The van der Waals surface area contributed by atoms with Gasteiger partial charge in [-0.2, -0.15) is 0 Å². The van der Waals surface area contributed by atoms with Gasteiger partial charge in [-0.3, -0.25) is 4.79 Å². The molecule has 1 N–H and O–H groups in total. The monoisotopic (exact) mass is 323 g/mol. The second-order valence-electron chi connectivity index (χ2n) is 6.23. The summed E-state index contributed by atoms with van der Waals surface area (Å²) in [4.78, 5) is 24.4. The van der Waals surface area contributed by atoms with Crippen molar-refractivity contribution in [1.29, 1.82) is 0 Å². The van der Waals surface area contributed by atoms with Gasteiger partial charge in [-0.25, -0.2) is 4.79 Å². The SMILES string of the molecule is CC(C)(C)OC(=O)N(CCC(=O)O)Cc1ccc2c(c1)OCO2. The first-order valence-electron chi connectivity index (χ1n) is 7.33. The molecule has 7 nitrogen and oxygen atoms in total. The van der Waals surface area contributed by atoms with Gasteiger partial charge in [-0.05, 0) is 38.5 Å². The summed E-state index contributed by atoms with van der Waals surface area (Å²) in [5, 5.41) is 8.85. The number of carboxylic acid groups (broad SMARTS) is 1. The van der Waals surface area contributed by atoms with Crippen LogP contribution >= 0.6 is 0 Å². The zero-order valence-corrected chi connectivity index (χ0v) is 13.5. The molecule has 0 fully saturated rings. The standard InChI is InChI=1S/C16H21NO6/c1-16(2,3)23-15(20)17(7-6-14(18)19)9-11-4-5-12-13(8-11)22-10-21-12/h4-5,8H,6-7,9-10H2,1-3H3,(H,18,19). The van der Waals surface area contributed by atoms with E-state index < -0.39 is 17.7 Å². The van der Waals surface area contributed by atoms with Crippen molar-refractivity contribution in [3.8, 4) is 11.5 Å². The van der Waals surface area contributed by atoms with E-state index in [1.54, 1.807) is 32.9 Å². The highest BCUT2D eigenvalue weighted by atomic mass is 16.7. The van der Waals surface area contributed by atoms with Crippen LogP contribution in [0.15, 0.2) is 18.2 Å². The van der Waals surface area contributed by atoms with Crippen LogP contribution in [0.25, 0.3) is 0 Å². The number of hydrogen-bond acceptors (Lipinski definition) is 5. The van der Waals surface area contributed by atoms with Gasteiger partial charge in [0.15, 0.2) is 11.5 Å². The summed E-state index contributed by atoms with van der Waals surface area (Å²) in [7, 11) is 0. The third-order valence-corrected chi connectivity index (χ3v) is 3.06. The minimum atomic E-state index is -0.968. The number of ether oxygens (including phenoxy) is 3. The lowest BCUT2D eigenvalue weighted by Gasteiger charge is -2.27. The first kappa shape index (κ1) is 16.9. The molecule has 0 spiro atoms. The molecule has 1 heterocycles. The fourth-order valence-corrected chi connectivity index (χ4v) is 2.05. The van der Waals surface area contributed by atoms with Crippen molar-refractivity contribution in [2.75, 3.05) is 13.3 Å². The van der Waals surface area contributed by atoms with E-state index in [2.05, 4.69) is 0 Å². The lowest BCUT2D eigenvalue weighted by atomic mass is 10.2. The molecule has 0 saturated carbocycles. The maximum absolute atomic E-state index is 12.3. The first-order valence-corrected chi connectivity index (χ1v) is 7.33. The number of amides is 1. The second-order valence-corrected chi connectivity index (χ2v) is 6.23. The third kappa shape index (κ3) is 5.05. The fourth-order valence-electron chi connectivity index (χ4n) is 2.05. The van der Waals surface area contributed by atoms with E-state index >= 15 is 0 Å². The van der Waals surface area contributed by atoms with E-state index in [-0.39, 0.29) is 26.3 Å². The molecule has 0 radical (unpaired) electrons. The molecule has 0 atom stereocenters. The van der Waals surface area contributed by atoms with E-state index in [9.17, 15) is 9.59 Å². The van der Waals surface area contributed by atoms with Gasteiger partial charge < -0.3 is 24.2 Å². The molecule has 1 aromatic carbocycles. The Bertz CT molecular complexity index is 593. The van der Waals surface area contributed by atoms with Gasteiger partial charge in [-0.1, -0.05) is 6.07 Å². The predicted octanol–water partition coefficient (Wildman–Crippen LogP) is 2.63. The maximum atomic E-state index is 12.3. The van der Waals surface area contributed by atoms with Gasteiger partial charge in [0, 0.05) is 13.1 Å². The van der Waals surface area contributed by atoms with Crippen molar-refractivity contribution in [1.82, 2.24) is 4.90 Å². The van der Waals surface area contributed by atoms with Crippen molar-refractivity contribution < 1.29 is 28.9 Å². The van der Waals surface area contributed by atoms with Gasteiger partial charge >= 0.3 is 12.1 Å². The largest absolute Gasteiger partial charge is 0.481 e. The molecule has 1 aliphatic rings. The van der Waals surface area contributed by atoms with Crippen LogP contribution in [0.5, 0.6) is 11.5 Å². The molecule has 0 aromatic heterocycles. The van der Waals surface area contributed by atoms with Crippen molar-refractivity contribution in [2.45, 2.75) is 39.3 Å². The number of carboxylic acids is 1. The van der Waals surface area contributed by atoms with Crippen LogP contribution in [-0.2, 0) is 16.1 Å². The van der Waals surface area contributed by atoms with E-state index in [0.717, 1.165) is 5.56 Å². The van der Waals surface area contributed by atoms with E-state index in [1.807, 2.05) is 6.07 Å². The number of aliphatic carboxylic acids is 1. The second kappa shape index (κ2) is 6.76. The smallest absolute Gasteiger partial charge is 0.410 e. The van der Waals surface area contributed by atoms with Gasteiger partial charge in [0.05, 0.1) is 6.42 Å². The van der Waals surface area contributed by atoms with Gasteiger partial charge in [-0.15, -0.1) is 0 Å². The Hall–Kier alpha value is -2.44. The summed E-state index contributed by atoms with van der Waals surface area (Å²) >= 11 is 0. The summed E-state index contributed by atoms with van der Waals surface area (Å²) in [5.74, 6) is 0.303. The Balaban J connectivity index is 2.10. The van der Waals surface area contributed by atoms with Gasteiger partial charge in [0.25, 0.3) is 0 Å². The Labute approximate surface area is 134 Å². The summed E-state index contributed by atoms with van der Waals surface area (Å²) in [6.07, 6.45) is -0.694. The highest BCUT2D eigenvalue weighted by molar-refractivity contribution is 5.71. The molecular weight excluding hydrogens is 302 g/mol. The van der Waals surface area contributed by atoms with Gasteiger partial charge in [0.1, 0.15) is 5.60 Å². The lowest BCUT2D eigenvalue weighted by molar-refractivity contribution is -0.137. The highest BCUT2D eigenvalue weighted by Gasteiger charge is 2.23. The normalized spacial score (nSPS) is 12.8. The molecule has 7 heteroatoms. The zero-order valence-electron chi connectivity index (χ0n) is 13.5. The molecule has 2 rings (SSSR count). The van der Waals surface area contributed by atoms with E-state index in [0.29, 0.717) is 11.5 Å². The Kier molecular flexibility index (Phi) is 4.98. The van der Waals surface area contributed by atoms with Crippen molar-refractivity contribution in [2.24, 2.45) is 0 Å². The predicted molar refractivity (Wildman–Crippen MR) is 81.5 cm³/mol. The number of rotatable bonds is 5. The molecule has 0 aliphatic carbocycles. The van der Waals surface area contributed by atoms with E-state index in [1.165, 1.54) is 4.90 Å². The maximum Gasteiger partial charge on any atom is 0.410 e. The number of carbonyl (C=O) groups excluding carboxylic acids is 1. The minimum Gasteiger partial charge on any atom is -0.481 e. The summed E-state index contributed by atoms with van der Waals surface area (Å²) in [6.45, 7) is 5.77. The van der Waals surface area contributed by atoms with Gasteiger partial charge in [0.2, 0.25) is 6.79 Å². The minimum absolute atomic E-state index is 0.0681. The van der Waals surface area contributed by atoms with Crippen molar-refractivity contribution in [3.63, 3.8) is 0 Å². The number of hydrogen-bond donors (Lipinski definition) is 1. The topological polar surface area (TPSA) is 85.3 Å². The molecule has 0 saturated heterocycles. The van der Waals surface area contributed by atoms with Crippen LogP contribution in [0.2, 0.25) is 0 Å². The summed E-state index contributed by atoms with van der Waals surface area (Å²) < 4.78 is 15.9. The molecule has 1 aliphatic heterocycles. The molecule has 23 heavy (non-hydrogen) atoms. The molecule has 1 amide bonds. The number of nitrogens with zero attached hydrogens (tertiary/aromatic N) is 1. The van der Waals surface area contributed by atoms with Crippen LogP contribution < -0.4 is 9.47 Å². The third-order valence-electron chi connectivity index (χ3n) is 3.06. The van der Waals surface area contributed by atoms with Crippen LogP contribution in [0, 0.1) is 0 Å². The summed E-state index contributed by atoms with van der Waals surface area (Å²) in [6, 6.07) is 5.36. The molecule has 0 bridgehead atoms. The van der Waals surface area contributed by atoms with Crippen LogP contribution in [-0.4, -0.2) is 41.0 Å². The summed E-state index contributed by atoms with van der Waals surface area (Å²) in [5.41, 5.74) is 0.165. The molecular formula is C16H21NO6. The molecule has 1 aromatic rings. The fraction of sp³-hybridized carbons (Fsp3) is 0.500. The number of benzene rings is 1. The molecule has 0 unspecified atom stereocenters. The number of carbonyl (C=O) groups is 2. The van der Waals surface area contributed by atoms with E-state index in [4.69, 9.17) is 19.3 Å². The zero-order chi connectivity index (χ0) is 17.0. The Morgan fingerprint density at radius 3 is 2.61 bits per heavy atom. The Morgan fingerprint density at radius 1 is 1.26 bits per heavy atom. The molecule has 126 valence electrons. The average Bonchev–Trinajstić information content (AvgIpc) is 2.88. The van der Waals surface area contributed by atoms with Crippen LogP contribution in [0.4, 0.5) is 4.79 Å². The lowest BCUT2D eigenvalue weighted by Crippen LogP contribution is -2.37. The quantitative estimate of drug-likeness (QED) is 0.896. The first-order chi connectivity index (χ1) is 10.7. The Morgan fingerprint density at radius 2 is 1.96 bits per heavy atom. The highest BCUT2D eigenvalue weighted by Crippen LogP contribution is 2.32. The van der Waals surface area contributed by atoms with Crippen LogP contribution in [0.1, 0.15) is 32.8 Å². The van der Waals surface area contributed by atoms with Crippen molar-refractivity contribution in [3.05, 3.63) is 23.8 Å².